The number of nitrogens with zero attached hydrogens (tertiary/aromatic N) is 1. The van der Waals surface area contributed by atoms with Crippen molar-refractivity contribution in [2.45, 2.75) is 19.4 Å². The highest BCUT2D eigenvalue weighted by Crippen LogP contribution is 2.19. The van der Waals surface area contributed by atoms with Crippen LogP contribution >= 0.6 is 0 Å². The number of oxazole rings is 1. The fourth-order valence-electron chi connectivity index (χ4n) is 3.11. The molecule has 0 spiro atoms. The van der Waals surface area contributed by atoms with Gasteiger partial charge in [0, 0.05) is 18.7 Å². The molecule has 0 aliphatic rings. The standard InChI is InChI=1S/C21H18N2O3/c24-20(22-17-12-11-15-6-1-2-7-16(15)14-17)10-5-13-23-18-8-3-4-9-19(18)26-21(23)25/h1-4,6-9,11-12,14H,5,10,13H2,(H,22,24). The van der Waals surface area contributed by atoms with Gasteiger partial charge in [-0.3, -0.25) is 9.36 Å². The molecule has 3 aromatic carbocycles. The van der Waals surface area contributed by atoms with Crippen LogP contribution < -0.4 is 11.1 Å². The van der Waals surface area contributed by atoms with Crippen LogP contribution in [0.1, 0.15) is 12.8 Å². The molecule has 0 saturated carbocycles. The molecule has 5 heteroatoms. The van der Waals surface area contributed by atoms with E-state index in [1.165, 1.54) is 0 Å². The van der Waals surface area contributed by atoms with Gasteiger partial charge in [0.2, 0.25) is 5.91 Å². The first-order valence-corrected chi connectivity index (χ1v) is 8.58. The second kappa shape index (κ2) is 6.88. The zero-order valence-electron chi connectivity index (χ0n) is 14.1. The minimum Gasteiger partial charge on any atom is -0.408 e. The molecule has 0 saturated heterocycles. The van der Waals surface area contributed by atoms with Crippen LogP contribution in [0.3, 0.4) is 0 Å². The van der Waals surface area contributed by atoms with Gasteiger partial charge in [0.15, 0.2) is 5.58 Å². The predicted molar refractivity (Wildman–Crippen MR) is 102 cm³/mol. The molecule has 5 nitrogen and oxygen atoms in total. The SMILES string of the molecule is O=C(CCCn1c(=O)oc2ccccc21)Nc1ccc2ccccc2c1. The summed E-state index contributed by atoms with van der Waals surface area (Å²) in [6.45, 7) is 0.445. The lowest BCUT2D eigenvalue weighted by atomic mass is 10.1. The highest BCUT2D eigenvalue weighted by Gasteiger charge is 2.09. The molecule has 0 aliphatic heterocycles. The molecule has 0 radical (unpaired) electrons. The van der Waals surface area contributed by atoms with Crippen molar-refractivity contribution in [3.8, 4) is 0 Å². The predicted octanol–water partition coefficient (Wildman–Crippen LogP) is 4.17. The summed E-state index contributed by atoms with van der Waals surface area (Å²) < 4.78 is 6.77. The van der Waals surface area contributed by atoms with Crippen LogP contribution in [0.5, 0.6) is 0 Å². The molecule has 130 valence electrons. The number of rotatable bonds is 5. The van der Waals surface area contributed by atoms with Crippen molar-refractivity contribution in [3.63, 3.8) is 0 Å². The monoisotopic (exact) mass is 346 g/mol. The van der Waals surface area contributed by atoms with Crippen molar-refractivity contribution in [2.24, 2.45) is 0 Å². The molecular formula is C21H18N2O3. The van der Waals surface area contributed by atoms with E-state index < -0.39 is 0 Å². The molecule has 0 aliphatic carbocycles. The first-order chi connectivity index (χ1) is 12.7. The fraction of sp³-hybridized carbons (Fsp3) is 0.143. The van der Waals surface area contributed by atoms with Crippen LogP contribution in [0.15, 0.2) is 75.9 Å². The van der Waals surface area contributed by atoms with Gasteiger partial charge in [-0.15, -0.1) is 0 Å². The molecule has 1 heterocycles. The quantitative estimate of drug-likeness (QED) is 0.590. The number of para-hydroxylation sites is 2. The molecule has 4 rings (SSSR count). The van der Waals surface area contributed by atoms with Crippen molar-refractivity contribution < 1.29 is 9.21 Å². The van der Waals surface area contributed by atoms with Crippen LogP contribution in [-0.2, 0) is 11.3 Å². The van der Waals surface area contributed by atoms with Gasteiger partial charge < -0.3 is 9.73 Å². The summed E-state index contributed by atoms with van der Waals surface area (Å²) in [6, 6.07) is 21.2. The van der Waals surface area contributed by atoms with Gasteiger partial charge in [0.05, 0.1) is 5.52 Å². The lowest BCUT2D eigenvalue weighted by Crippen LogP contribution is -2.17. The van der Waals surface area contributed by atoms with Gasteiger partial charge in [-0.1, -0.05) is 42.5 Å². The Morgan fingerprint density at radius 3 is 2.62 bits per heavy atom. The Balaban J connectivity index is 1.39. The summed E-state index contributed by atoms with van der Waals surface area (Å²) in [5.41, 5.74) is 2.10. The lowest BCUT2D eigenvalue weighted by Gasteiger charge is -2.07. The van der Waals surface area contributed by atoms with E-state index in [-0.39, 0.29) is 11.7 Å². The van der Waals surface area contributed by atoms with E-state index in [1.54, 1.807) is 10.6 Å². The van der Waals surface area contributed by atoms with Crippen LogP contribution in [-0.4, -0.2) is 10.5 Å². The third kappa shape index (κ3) is 3.24. The largest absolute Gasteiger partial charge is 0.419 e. The molecule has 26 heavy (non-hydrogen) atoms. The van der Waals surface area contributed by atoms with Gasteiger partial charge in [-0.25, -0.2) is 4.79 Å². The van der Waals surface area contributed by atoms with Gasteiger partial charge >= 0.3 is 5.76 Å². The zero-order chi connectivity index (χ0) is 17.9. The number of nitrogens with one attached hydrogen (secondary N) is 1. The number of carbonyl (C=O) groups excluding carboxylic acids is 1. The summed E-state index contributed by atoms with van der Waals surface area (Å²) in [4.78, 5) is 24.1. The number of amides is 1. The Morgan fingerprint density at radius 1 is 0.962 bits per heavy atom. The van der Waals surface area contributed by atoms with Crippen molar-refractivity contribution in [1.82, 2.24) is 4.57 Å². The van der Waals surface area contributed by atoms with E-state index in [1.807, 2.05) is 60.7 Å². The van der Waals surface area contributed by atoms with Gasteiger partial charge in [-0.05, 0) is 41.5 Å². The maximum atomic E-state index is 12.2. The summed E-state index contributed by atoms with van der Waals surface area (Å²) >= 11 is 0. The van der Waals surface area contributed by atoms with Crippen LogP contribution in [0.25, 0.3) is 21.9 Å². The highest BCUT2D eigenvalue weighted by atomic mass is 16.4. The first kappa shape index (κ1) is 16.1. The topological polar surface area (TPSA) is 64.2 Å². The second-order valence-electron chi connectivity index (χ2n) is 6.20. The molecule has 1 amide bonds. The molecule has 1 aromatic heterocycles. The molecule has 1 N–H and O–H groups in total. The van der Waals surface area contributed by atoms with Crippen LogP contribution in [0, 0.1) is 0 Å². The number of aryl methyl sites for hydroxylation is 1. The maximum Gasteiger partial charge on any atom is 0.419 e. The third-order valence-electron chi connectivity index (χ3n) is 4.39. The van der Waals surface area contributed by atoms with Crippen molar-refractivity contribution in [3.05, 3.63) is 77.3 Å². The van der Waals surface area contributed by atoms with E-state index in [0.29, 0.717) is 25.0 Å². The van der Waals surface area contributed by atoms with E-state index in [4.69, 9.17) is 4.42 Å². The highest BCUT2D eigenvalue weighted by molar-refractivity contribution is 5.94. The Kier molecular flexibility index (Phi) is 4.27. The van der Waals surface area contributed by atoms with E-state index in [2.05, 4.69) is 5.32 Å². The minimum absolute atomic E-state index is 0.0684. The maximum absolute atomic E-state index is 12.2. The molecule has 4 aromatic rings. The molecular weight excluding hydrogens is 328 g/mol. The lowest BCUT2D eigenvalue weighted by molar-refractivity contribution is -0.116. The third-order valence-corrected chi connectivity index (χ3v) is 4.39. The number of aromatic nitrogens is 1. The Morgan fingerprint density at radius 2 is 1.73 bits per heavy atom. The number of benzene rings is 3. The summed E-state index contributed by atoms with van der Waals surface area (Å²) in [5, 5.41) is 5.14. The van der Waals surface area contributed by atoms with E-state index >= 15 is 0 Å². The normalized spacial score (nSPS) is 11.1. The van der Waals surface area contributed by atoms with E-state index in [0.717, 1.165) is 22.0 Å². The van der Waals surface area contributed by atoms with Gasteiger partial charge in [-0.2, -0.15) is 0 Å². The van der Waals surface area contributed by atoms with Gasteiger partial charge in [0.1, 0.15) is 0 Å². The average molecular weight is 346 g/mol. The van der Waals surface area contributed by atoms with Gasteiger partial charge in [0.25, 0.3) is 0 Å². The number of hydrogen-bond donors (Lipinski definition) is 1. The second-order valence-corrected chi connectivity index (χ2v) is 6.20. The minimum atomic E-state index is -0.388. The average Bonchev–Trinajstić information content (AvgIpc) is 2.97. The number of carbonyl (C=O) groups is 1. The zero-order valence-corrected chi connectivity index (χ0v) is 14.1. The molecule has 0 bridgehead atoms. The van der Waals surface area contributed by atoms with Crippen molar-refractivity contribution in [1.29, 1.82) is 0 Å². The Bertz CT molecular complexity index is 1140. The van der Waals surface area contributed by atoms with E-state index in [9.17, 15) is 9.59 Å². The number of hydrogen-bond acceptors (Lipinski definition) is 3. The van der Waals surface area contributed by atoms with Crippen molar-refractivity contribution >= 4 is 33.5 Å². The Hall–Kier alpha value is -3.34. The fourth-order valence-corrected chi connectivity index (χ4v) is 3.11. The van der Waals surface area contributed by atoms with Crippen LogP contribution in [0.2, 0.25) is 0 Å². The summed E-state index contributed by atoms with van der Waals surface area (Å²) in [6.07, 6.45) is 0.890. The summed E-state index contributed by atoms with van der Waals surface area (Å²) in [7, 11) is 0. The Labute approximate surface area is 149 Å². The summed E-state index contributed by atoms with van der Waals surface area (Å²) in [5.74, 6) is -0.456. The molecule has 0 unspecified atom stereocenters. The molecule has 0 atom stereocenters. The number of anilines is 1. The first-order valence-electron chi connectivity index (χ1n) is 8.58. The smallest absolute Gasteiger partial charge is 0.408 e. The molecule has 0 fully saturated rings. The van der Waals surface area contributed by atoms with Crippen LogP contribution in [0.4, 0.5) is 5.69 Å². The van der Waals surface area contributed by atoms with Crippen molar-refractivity contribution in [2.75, 3.05) is 5.32 Å². The number of fused-ring (bicyclic) bond motifs is 2.